The average molecular weight is 533 g/mol. The Bertz CT molecular complexity index is 1120. The lowest BCUT2D eigenvalue weighted by molar-refractivity contribution is -0.141. The number of hydrogen-bond donors (Lipinski definition) is 3. The number of rotatable bonds is 10. The van der Waals surface area contributed by atoms with E-state index in [1.54, 1.807) is 6.07 Å². The molecular formula is C27H32O11. The summed E-state index contributed by atoms with van der Waals surface area (Å²) in [4.78, 5) is 45.3. The zero-order chi connectivity index (χ0) is 28.1. The Morgan fingerprint density at radius 3 is 1.82 bits per heavy atom. The normalized spacial score (nSPS) is 14.4. The van der Waals surface area contributed by atoms with Crippen LogP contribution in [0.1, 0.15) is 65.7 Å². The maximum atomic E-state index is 12.0. The number of ketones is 2. The first kappa shape index (κ1) is 30.1. The molecule has 2 aromatic carbocycles. The van der Waals surface area contributed by atoms with E-state index in [0.717, 1.165) is 25.3 Å². The molecule has 1 saturated heterocycles. The Hall–Kier alpha value is -4.12. The number of methoxy groups -OCH3 is 2. The fraction of sp³-hybridized carbons (Fsp3) is 0.407. The number of aromatic hydroxyl groups is 3. The van der Waals surface area contributed by atoms with E-state index < -0.39 is 11.9 Å². The van der Waals surface area contributed by atoms with Crippen LogP contribution in [0.25, 0.3) is 0 Å². The SMILES string of the molecule is COC(=O)CCC(=O)c1ccc(O)cc1O.COC(=O)CCC(=O)c1ccc(OC2CCCCO2)cc1O. The third-order valence-corrected chi connectivity index (χ3v) is 5.52. The van der Waals surface area contributed by atoms with Gasteiger partial charge in [0, 0.05) is 31.4 Å². The highest BCUT2D eigenvalue weighted by Crippen LogP contribution is 2.27. The van der Waals surface area contributed by atoms with Gasteiger partial charge in [0.05, 0.1) is 44.8 Å². The van der Waals surface area contributed by atoms with Crippen molar-refractivity contribution in [3.63, 3.8) is 0 Å². The number of hydrogen-bond acceptors (Lipinski definition) is 11. The molecule has 3 rings (SSSR count). The summed E-state index contributed by atoms with van der Waals surface area (Å²) in [5.41, 5.74) is 0.252. The largest absolute Gasteiger partial charge is 0.508 e. The van der Waals surface area contributed by atoms with E-state index in [2.05, 4.69) is 9.47 Å². The topological polar surface area (TPSA) is 166 Å². The monoisotopic (exact) mass is 532 g/mol. The van der Waals surface area contributed by atoms with Crippen molar-refractivity contribution in [2.75, 3.05) is 20.8 Å². The van der Waals surface area contributed by atoms with Crippen molar-refractivity contribution in [1.82, 2.24) is 0 Å². The number of carbonyl (C=O) groups excluding carboxylic acids is 4. The zero-order valence-corrected chi connectivity index (χ0v) is 21.3. The van der Waals surface area contributed by atoms with E-state index in [1.807, 2.05) is 0 Å². The lowest BCUT2D eigenvalue weighted by Crippen LogP contribution is -2.24. The number of Topliss-reactive ketones (excluding diaryl/α,β-unsaturated/α-hetero) is 2. The summed E-state index contributed by atoms with van der Waals surface area (Å²) >= 11 is 0. The number of phenols is 3. The maximum Gasteiger partial charge on any atom is 0.305 e. The average Bonchev–Trinajstić information content (AvgIpc) is 2.91. The van der Waals surface area contributed by atoms with E-state index in [4.69, 9.17) is 14.6 Å². The molecule has 1 atom stereocenters. The van der Waals surface area contributed by atoms with Gasteiger partial charge in [0.25, 0.3) is 0 Å². The highest BCUT2D eigenvalue weighted by atomic mass is 16.7. The van der Waals surface area contributed by atoms with Gasteiger partial charge in [-0.25, -0.2) is 0 Å². The first-order valence-corrected chi connectivity index (χ1v) is 12.0. The zero-order valence-electron chi connectivity index (χ0n) is 21.3. The number of phenolic OH excluding ortho intramolecular Hbond substituents is 3. The summed E-state index contributed by atoms with van der Waals surface area (Å²) in [5.74, 6) is -1.76. The van der Waals surface area contributed by atoms with Crippen molar-refractivity contribution in [2.24, 2.45) is 0 Å². The van der Waals surface area contributed by atoms with Crippen molar-refractivity contribution in [3.05, 3.63) is 47.5 Å². The molecule has 0 spiro atoms. The van der Waals surface area contributed by atoms with E-state index in [-0.39, 0.29) is 71.9 Å². The summed E-state index contributed by atoms with van der Waals surface area (Å²) in [6.45, 7) is 0.667. The van der Waals surface area contributed by atoms with Gasteiger partial charge < -0.3 is 34.3 Å². The molecule has 0 saturated carbocycles. The van der Waals surface area contributed by atoms with E-state index in [1.165, 1.54) is 38.5 Å². The minimum absolute atomic E-state index is 0.00776. The molecule has 0 radical (unpaired) electrons. The van der Waals surface area contributed by atoms with Crippen LogP contribution in [0.5, 0.6) is 23.0 Å². The molecule has 11 heteroatoms. The molecule has 1 fully saturated rings. The van der Waals surface area contributed by atoms with Gasteiger partial charge in [0.2, 0.25) is 0 Å². The number of esters is 2. The Labute approximate surface area is 219 Å². The second kappa shape index (κ2) is 15.2. The Morgan fingerprint density at radius 1 is 0.789 bits per heavy atom. The van der Waals surface area contributed by atoms with Crippen molar-refractivity contribution in [3.8, 4) is 23.0 Å². The molecule has 3 N–H and O–H groups in total. The molecule has 0 amide bonds. The van der Waals surface area contributed by atoms with Crippen LogP contribution in [0.3, 0.4) is 0 Å². The standard InChI is InChI=1S/C16H20O6.C11H12O5/c1-20-15(19)8-7-13(17)12-6-5-11(10-14(12)18)22-16-4-2-3-9-21-16;1-16-11(15)5-4-9(13)8-3-2-7(12)6-10(8)14/h5-6,10,16,18H,2-4,7-9H2,1H3;2-3,6,12,14H,4-5H2,1H3. The molecule has 2 aromatic rings. The highest BCUT2D eigenvalue weighted by molar-refractivity contribution is 6.00. The first-order chi connectivity index (χ1) is 18.1. The lowest BCUT2D eigenvalue weighted by atomic mass is 10.1. The highest BCUT2D eigenvalue weighted by Gasteiger charge is 2.18. The number of ether oxygens (including phenoxy) is 4. The van der Waals surface area contributed by atoms with Gasteiger partial charge in [0.15, 0.2) is 17.9 Å². The van der Waals surface area contributed by atoms with Crippen molar-refractivity contribution >= 4 is 23.5 Å². The van der Waals surface area contributed by atoms with Crippen molar-refractivity contribution in [2.45, 2.75) is 51.2 Å². The summed E-state index contributed by atoms with van der Waals surface area (Å²) in [7, 11) is 2.51. The van der Waals surface area contributed by atoms with Crippen molar-refractivity contribution < 1.29 is 53.4 Å². The van der Waals surface area contributed by atoms with Crippen LogP contribution in [0.2, 0.25) is 0 Å². The maximum absolute atomic E-state index is 12.0. The van der Waals surface area contributed by atoms with Gasteiger partial charge in [-0.15, -0.1) is 0 Å². The molecular weight excluding hydrogens is 500 g/mol. The van der Waals surface area contributed by atoms with Crippen LogP contribution < -0.4 is 4.74 Å². The fourth-order valence-corrected chi connectivity index (χ4v) is 3.44. The summed E-state index contributed by atoms with van der Waals surface area (Å²) in [5, 5.41) is 28.4. The second-order valence-electron chi connectivity index (χ2n) is 8.29. The van der Waals surface area contributed by atoms with Gasteiger partial charge in [0.1, 0.15) is 23.0 Å². The van der Waals surface area contributed by atoms with E-state index in [0.29, 0.717) is 12.4 Å². The number of carbonyl (C=O) groups is 4. The molecule has 1 aliphatic heterocycles. The first-order valence-electron chi connectivity index (χ1n) is 12.0. The molecule has 0 aliphatic carbocycles. The van der Waals surface area contributed by atoms with Crippen LogP contribution in [0, 0.1) is 0 Å². The molecule has 1 aliphatic rings. The minimum Gasteiger partial charge on any atom is -0.508 e. The smallest absolute Gasteiger partial charge is 0.305 e. The van der Waals surface area contributed by atoms with Crippen LogP contribution in [-0.2, 0) is 23.8 Å². The van der Waals surface area contributed by atoms with Crippen LogP contribution in [0.15, 0.2) is 36.4 Å². The lowest BCUT2D eigenvalue weighted by Gasteiger charge is -2.23. The summed E-state index contributed by atoms with van der Waals surface area (Å²) < 4.78 is 19.9. The molecule has 11 nitrogen and oxygen atoms in total. The molecule has 206 valence electrons. The predicted octanol–water partition coefficient (Wildman–Crippen LogP) is 3.67. The van der Waals surface area contributed by atoms with Gasteiger partial charge >= 0.3 is 11.9 Å². The van der Waals surface area contributed by atoms with Gasteiger partial charge in [-0.1, -0.05) is 0 Å². The summed E-state index contributed by atoms with van der Waals surface area (Å²) in [6, 6.07) is 8.18. The van der Waals surface area contributed by atoms with E-state index >= 15 is 0 Å². The van der Waals surface area contributed by atoms with Crippen LogP contribution in [-0.4, -0.2) is 65.9 Å². The van der Waals surface area contributed by atoms with Gasteiger partial charge in [-0.3, -0.25) is 19.2 Å². The quantitative estimate of drug-likeness (QED) is 0.302. The van der Waals surface area contributed by atoms with Crippen LogP contribution >= 0.6 is 0 Å². The predicted molar refractivity (Wildman–Crippen MR) is 133 cm³/mol. The Morgan fingerprint density at radius 2 is 1.34 bits per heavy atom. The van der Waals surface area contributed by atoms with Crippen molar-refractivity contribution in [1.29, 1.82) is 0 Å². The third-order valence-electron chi connectivity index (χ3n) is 5.52. The van der Waals surface area contributed by atoms with Gasteiger partial charge in [-0.05, 0) is 37.1 Å². The Balaban J connectivity index is 0.000000281. The minimum atomic E-state index is -0.480. The third kappa shape index (κ3) is 9.74. The Kier molecular flexibility index (Phi) is 12.0. The molecule has 1 heterocycles. The summed E-state index contributed by atoms with van der Waals surface area (Å²) in [6.07, 6.45) is 2.48. The molecule has 38 heavy (non-hydrogen) atoms. The fourth-order valence-electron chi connectivity index (χ4n) is 3.44. The number of benzene rings is 2. The molecule has 1 unspecified atom stereocenters. The molecule has 0 bridgehead atoms. The van der Waals surface area contributed by atoms with E-state index in [9.17, 15) is 29.4 Å². The molecule has 0 aromatic heterocycles. The second-order valence-corrected chi connectivity index (χ2v) is 8.29. The van der Waals surface area contributed by atoms with Gasteiger partial charge in [-0.2, -0.15) is 0 Å². The van der Waals surface area contributed by atoms with Crippen LogP contribution in [0.4, 0.5) is 0 Å².